The van der Waals surface area contributed by atoms with Gasteiger partial charge in [0.25, 0.3) is 0 Å². The molecule has 0 amide bonds. The molecule has 5 nitrogen and oxygen atoms in total. The van der Waals surface area contributed by atoms with Crippen LogP contribution in [0.4, 0.5) is 0 Å². The Labute approximate surface area is 166 Å². The maximum Gasteiger partial charge on any atom is 0.157 e. The van der Waals surface area contributed by atoms with Crippen molar-refractivity contribution in [3.63, 3.8) is 0 Å². The van der Waals surface area contributed by atoms with E-state index in [0.717, 1.165) is 34.2 Å². The van der Waals surface area contributed by atoms with E-state index in [1.54, 1.807) is 12.2 Å². The zero-order chi connectivity index (χ0) is 19.9. The summed E-state index contributed by atoms with van der Waals surface area (Å²) in [5.41, 5.74) is 5.47. The third-order valence-electron chi connectivity index (χ3n) is 4.29. The summed E-state index contributed by atoms with van der Waals surface area (Å²) in [5, 5.41) is 6.91. The van der Waals surface area contributed by atoms with Crippen LogP contribution in [0.2, 0.25) is 0 Å². The number of nitrogens with zero attached hydrogens (tertiary/aromatic N) is 2. The molecule has 5 heteroatoms. The quantitative estimate of drug-likeness (QED) is 0.608. The smallest absolute Gasteiger partial charge is 0.157 e. The second-order valence-corrected chi connectivity index (χ2v) is 6.28. The Morgan fingerprint density at radius 2 is 1.89 bits per heavy atom. The van der Waals surface area contributed by atoms with Crippen molar-refractivity contribution in [2.75, 3.05) is 0 Å². The third kappa shape index (κ3) is 4.20. The standard InChI is InChI=1S/C23H25N5/c1-5-8-10-13-18-16(4)24-22(27-18)20-14-11-15-21(25-20)23-26-17(7-3)19(28-23)12-9-6-2/h5-15,22,24,27H,2-3H2,1,4H3,(H,26,28)/b8-5-,12-9-,13-10-. The normalized spacial score (nSPS) is 16.9. The Bertz CT molecular complexity index is 988. The molecule has 0 saturated heterocycles. The molecule has 0 spiro atoms. The maximum atomic E-state index is 4.80. The van der Waals surface area contributed by atoms with Crippen molar-refractivity contribution >= 4 is 12.2 Å². The molecule has 1 unspecified atom stereocenters. The summed E-state index contributed by atoms with van der Waals surface area (Å²) in [6.07, 6.45) is 15.2. The number of imidazole rings is 1. The molecular formula is C23H25N5. The summed E-state index contributed by atoms with van der Waals surface area (Å²) in [6.45, 7) is 11.6. The number of aromatic nitrogens is 3. The van der Waals surface area contributed by atoms with E-state index in [1.807, 2.05) is 68.5 Å². The molecule has 3 heterocycles. The van der Waals surface area contributed by atoms with Crippen LogP contribution in [0.15, 0.2) is 79.2 Å². The number of nitrogens with one attached hydrogen (secondary N) is 3. The van der Waals surface area contributed by atoms with Gasteiger partial charge in [-0.1, -0.05) is 49.6 Å². The molecule has 2 aromatic heterocycles. The van der Waals surface area contributed by atoms with Crippen LogP contribution in [0.1, 0.15) is 37.1 Å². The Morgan fingerprint density at radius 3 is 2.64 bits per heavy atom. The van der Waals surface area contributed by atoms with E-state index < -0.39 is 0 Å². The van der Waals surface area contributed by atoms with Crippen LogP contribution in [-0.4, -0.2) is 15.0 Å². The number of allylic oxidation sites excluding steroid dienone is 7. The van der Waals surface area contributed by atoms with E-state index in [2.05, 4.69) is 33.8 Å². The summed E-state index contributed by atoms with van der Waals surface area (Å²) in [7, 11) is 0. The van der Waals surface area contributed by atoms with Crippen molar-refractivity contribution in [2.45, 2.75) is 20.0 Å². The van der Waals surface area contributed by atoms with Crippen LogP contribution < -0.4 is 10.6 Å². The third-order valence-corrected chi connectivity index (χ3v) is 4.29. The predicted octanol–water partition coefficient (Wildman–Crippen LogP) is 4.87. The summed E-state index contributed by atoms with van der Waals surface area (Å²) in [5.74, 6) is 0.705. The molecule has 3 rings (SSSR count). The lowest BCUT2D eigenvalue weighted by Gasteiger charge is -2.13. The minimum absolute atomic E-state index is 0.0841. The summed E-state index contributed by atoms with van der Waals surface area (Å²) < 4.78 is 0. The molecule has 0 saturated carbocycles. The molecule has 0 fully saturated rings. The topological polar surface area (TPSA) is 65.6 Å². The van der Waals surface area contributed by atoms with Crippen LogP contribution >= 0.6 is 0 Å². The molecule has 0 aromatic carbocycles. The Hall–Kier alpha value is -3.60. The summed E-state index contributed by atoms with van der Waals surface area (Å²) in [4.78, 5) is 12.7. The van der Waals surface area contributed by atoms with Gasteiger partial charge in [0.15, 0.2) is 5.82 Å². The lowest BCUT2D eigenvalue weighted by atomic mass is 10.2. The van der Waals surface area contributed by atoms with Gasteiger partial charge in [0.2, 0.25) is 0 Å². The van der Waals surface area contributed by atoms with Gasteiger partial charge < -0.3 is 15.6 Å². The van der Waals surface area contributed by atoms with Crippen LogP contribution in [0.25, 0.3) is 23.7 Å². The second-order valence-electron chi connectivity index (χ2n) is 6.28. The van der Waals surface area contributed by atoms with E-state index in [-0.39, 0.29) is 6.17 Å². The molecule has 28 heavy (non-hydrogen) atoms. The second kappa shape index (κ2) is 8.86. The number of H-pyrrole nitrogens is 1. The van der Waals surface area contributed by atoms with Crippen molar-refractivity contribution in [3.8, 4) is 11.5 Å². The highest BCUT2D eigenvalue weighted by Gasteiger charge is 2.21. The van der Waals surface area contributed by atoms with Crippen molar-refractivity contribution in [2.24, 2.45) is 0 Å². The average molecular weight is 371 g/mol. The number of rotatable bonds is 7. The fourth-order valence-electron chi connectivity index (χ4n) is 2.89. The van der Waals surface area contributed by atoms with E-state index in [4.69, 9.17) is 4.98 Å². The first-order valence-corrected chi connectivity index (χ1v) is 9.18. The minimum Gasteiger partial charge on any atom is -0.362 e. The largest absolute Gasteiger partial charge is 0.362 e. The predicted molar refractivity (Wildman–Crippen MR) is 117 cm³/mol. The first kappa shape index (κ1) is 19.2. The highest BCUT2D eigenvalue weighted by molar-refractivity contribution is 5.64. The van der Waals surface area contributed by atoms with Crippen molar-refractivity contribution < 1.29 is 0 Å². The Kier molecular flexibility index (Phi) is 6.07. The first-order chi connectivity index (χ1) is 13.7. The SMILES string of the molecule is C=C/C=C\c1[nH]c(-c2cccc(C3NC(C)=C(/C=C\C=C/C)N3)n2)nc1C=C. The molecule has 2 aromatic rings. The summed E-state index contributed by atoms with van der Waals surface area (Å²) >= 11 is 0. The number of pyridine rings is 1. The highest BCUT2D eigenvalue weighted by Crippen LogP contribution is 2.23. The van der Waals surface area contributed by atoms with E-state index >= 15 is 0 Å². The van der Waals surface area contributed by atoms with Gasteiger partial charge in [0.1, 0.15) is 11.9 Å². The van der Waals surface area contributed by atoms with Gasteiger partial charge in [-0.25, -0.2) is 9.97 Å². The van der Waals surface area contributed by atoms with Crippen LogP contribution in [-0.2, 0) is 0 Å². The molecule has 0 aliphatic carbocycles. The monoisotopic (exact) mass is 371 g/mol. The molecule has 0 bridgehead atoms. The molecular weight excluding hydrogens is 346 g/mol. The van der Waals surface area contributed by atoms with E-state index in [9.17, 15) is 0 Å². The lowest BCUT2D eigenvalue weighted by Crippen LogP contribution is -2.24. The van der Waals surface area contributed by atoms with Gasteiger partial charge >= 0.3 is 0 Å². The molecule has 1 aliphatic rings. The fraction of sp³-hybridized carbons (Fsp3) is 0.130. The van der Waals surface area contributed by atoms with Crippen LogP contribution in [0.5, 0.6) is 0 Å². The van der Waals surface area contributed by atoms with Crippen molar-refractivity contribution in [1.82, 2.24) is 25.6 Å². The lowest BCUT2D eigenvalue weighted by molar-refractivity contribution is 0.573. The van der Waals surface area contributed by atoms with Crippen molar-refractivity contribution in [1.29, 1.82) is 0 Å². The zero-order valence-electron chi connectivity index (χ0n) is 16.2. The average Bonchev–Trinajstić information content (AvgIpc) is 3.30. The van der Waals surface area contributed by atoms with E-state index in [1.165, 1.54) is 0 Å². The highest BCUT2D eigenvalue weighted by atomic mass is 15.2. The van der Waals surface area contributed by atoms with Crippen LogP contribution in [0.3, 0.4) is 0 Å². The molecule has 3 N–H and O–H groups in total. The summed E-state index contributed by atoms with van der Waals surface area (Å²) in [6, 6.07) is 5.92. The van der Waals surface area contributed by atoms with Gasteiger partial charge in [-0.2, -0.15) is 0 Å². The van der Waals surface area contributed by atoms with Gasteiger partial charge in [-0.3, -0.25) is 0 Å². The van der Waals surface area contributed by atoms with E-state index in [0.29, 0.717) is 5.82 Å². The molecule has 0 radical (unpaired) electrons. The van der Waals surface area contributed by atoms with Crippen molar-refractivity contribution in [3.05, 3.63) is 96.3 Å². The zero-order valence-corrected chi connectivity index (χ0v) is 16.2. The molecule has 1 atom stereocenters. The molecule has 1 aliphatic heterocycles. The van der Waals surface area contributed by atoms with Crippen LogP contribution in [0, 0.1) is 0 Å². The first-order valence-electron chi connectivity index (χ1n) is 9.18. The molecule has 142 valence electrons. The fourth-order valence-corrected chi connectivity index (χ4v) is 2.89. The van der Waals surface area contributed by atoms with Gasteiger partial charge in [-0.15, -0.1) is 0 Å². The maximum absolute atomic E-state index is 4.80. The number of aromatic amines is 1. The Morgan fingerprint density at radius 1 is 1.04 bits per heavy atom. The number of hydrogen-bond donors (Lipinski definition) is 3. The number of hydrogen-bond acceptors (Lipinski definition) is 4. The van der Waals surface area contributed by atoms with Gasteiger partial charge in [0.05, 0.1) is 22.8 Å². The Balaban J connectivity index is 1.84. The minimum atomic E-state index is -0.0841. The van der Waals surface area contributed by atoms with Gasteiger partial charge in [-0.05, 0) is 44.2 Å². The van der Waals surface area contributed by atoms with Gasteiger partial charge in [0, 0.05) is 5.70 Å².